The summed E-state index contributed by atoms with van der Waals surface area (Å²) in [5, 5.41) is 0. The van der Waals surface area contributed by atoms with E-state index in [4.69, 9.17) is 11.5 Å². The van der Waals surface area contributed by atoms with Gasteiger partial charge in [0.2, 0.25) is 0 Å². The lowest BCUT2D eigenvalue weighted by molar-refractivity contribution is 0.446. The molecule has 0 bridgehead atoms. The Morgan fingerprint density at radius 2 is 0.871 bits per heavy atom. The third-order valence-corrected chi connectivity index (χ3v) is 6.82. The highest BCUT2D eigenvalue weighted by molar-refractivity contribution is 5.81. The molecule has 0 spiro atoms. The molecule has 0 atom stereocenters. The van der Waals surface area contributed by atoms with E-state index in [2.05, 4.69) is 72.8 Å². The van der Waals surface area contributed by atoms with Gasteiger partial charge in [-0.3, -0.25) is 0 Å². The quantitative estimate of drug-likeness (QED) is 0.366. The number of hydrogen-bond donors (Lipinski definition) is 2. The lowest BCUT2D eigenvalue weighted by atomic mass is 9.70. The zero-order valence-corrected chi connectivity index (χ0v) is 17.7. The molecule has 1 aliphatic carbocycles. The largest absolute Gasteiger partial charge is 0.399 e. The highest BCUT2D eigenvalue weighted by atomic mass is 14.5. The van der Waals surface area contributed by atoms with E-state index in [1.54, 1.807) is 0 Å². The molecule has 154 valence electrons. The molecule has 4 aromatic carbocycles. The van der Waals surface area contributed by atoms with Crippen LogP contribution >= 0.6 is 0 Å². The summed E-state index contributed by atoms with van der Waals surface area (Å²) < 4.78 is 0. The van der Waals surface area contributed by atoms with Crippen molar-refractivity contribution in [3.63, 3.8) is 0 Å². The highest BCUT2D eigenvalue weighted by Gasteiger charge is 2.42. The Morgan fingerprint density at radius 1 is 0.484 bits per heavy atom. The summed E-state index contributed by atoms with van der Waals surface area (Å²) in [5.41, 5.74) is 21.8. The van der Waals surface area contributed by atoms with Gasteiger partial charge in [-0.15, -0.1) is 0 Å². The van der Waals surface area contributed by atoms with Crippen molar-refractivity contribution in [3.8, 4) is 11.1 Å². The summed E-state index contributed by atoms with van der Waals surface area (Å²) in [7, 11) is 0. The fourth-order valence-electron chi connectivity index (χ4n) is 5.16. The average Bonchev–Trinajstić information content (AvgIpc) is 3.09. The highest BCUT2D eigenvalue weighted by Crippen LogP contribution is 2.53. The SMILES string of the molecule is Nc1ccc(CCC2(CCc3ccc(N)cc3)c3ccccc3-c3ccccc32)cc1. The van der Waals surface area contributed by atoms with E-state index in [9.17, 15) is 0 Å². The molecule has 4 N–H and O–H groups in total. The molecular weight excluding hydrogens is 376 g/mol. The van der Waals surface area contributed by atoms with Gasteiger partial charge in [-0.1, -0.05) is 72.8 Å². The molecule has 0 saturated carbocycles. The van der Waals surface area contributed by atoms with Crippen molar-refractivity contribution in [2.75, 3.05) is 11.5 Å². The van der Waals surface area contributed by atoms with Gasteiger partial charge < -0.3 is 11.5 Å². The van der Waals surface area contributed by atoms with Crippen molar-refractivity contribution in [2.24, 2.45) is 0 Å². The summed E-state index contributed by atoms with van der Waals surface area (Å²) in [5.74, 6) is 0. The van der Waals surface area contributed by atoms with Crippen molar-refractivity contribution in [1.82, 2.24) is 0 Å². The molecule has 1 aliphatic rings. The van der Waals surface area contributed by atoms with Crippen LogP contribution in [0, 0.1) is 0 Å². The molecule has 2 heteroatoms. The van der Waals surface area contributed by atoms with Crippen molar-refractivity contribution in [1.29, 1.82) is 0 Å². The fraction of sp³-hybridized carbons (Fsp3) is 0.172. The van der Waals surface area contributed by atoms with Crippen LogP contribution < -0.4 is 11.5 Å². The van der Waals surface area contributed by atoms with Crippen LogP contribution in [0.5, 0.6) is 0 Å². The Bertz CT molecular complexity index is 1090. The molecule has 0 amide bonds. The van der Waals surface area contributed by atoms with Gasteiger partial charge in [0.15, 0.2) is 0 Å². The Labute approximate surface area is 184 Å². The zero-order chi connectivity index (χ0) is 21.3. The van der Waals surface area contributed by atoms with Crippen LogP contribution in [0.1, 0.15) is 35.1 Å². The molecule has 0 fully saturated rings. The van der Waals surface area contributed by atoms with Crippen molar-refractivity contribution in [3.05, 3.63) is 119 Å². The van der Waals surface area contributed by atoms with E-state index in [0.717, 1.165) is 37.1 Å². The van der Waals surface area contributed by atoms with Crippen molar-refractivity contribution in [2.45, 2.75) is 31.1 Å². The molecule has 0 aliphatic heterocycles. The summed E-state index contributed by atoms with van der Waals surface area (Å²) in [4.78, 5) is 0. The number of nitrogens with two attached hydrogens (primary N) is 2. The minimum atomic E-state index is -0.00401. The maximum Gasteiger partial charge on any atom is 0.0314 e. The second-order valence-electron chi connectivity index (χ2n) is 8.66. The van der Waals surface area contributed by atoms with Crippen LogP contribution in [0.4, 0.5) is 11.4 Å². The first-order chi connectivity index (χ1) is 15.2. The summed E-state index contributed by atoms with van der Waals surface area (Å²) in [6, 6.07) is 34.6. The molecule has 0 radical (unpaired) electrons. The van der Waals surface area contributed by atoms with E-state index in [1.165, 1.54) is 33.4 Å². The topological polar surface area (TPSA) is 52.0 Å². The number of hydrogen-bond acceptors (Lipinski definition) is 2. The van der Waals surface area contributed by atoms with Gasteiger partial charge in [0, 0.05) is 16.8 Å². The number of nitrogen functional groups attached to an aromatic ring is 2. The Kier molecular flexibility index (Phi) is 4.99. The first kappa shape index (κ1) is 19.4. The molecule has 4 aromatic rings. The monoisotopic (exact) mass is 404 g/mol. The normalized spacial score (nSPS) is 13.5. The fourth-order valence-corrected chi connectivity index (χ4v) is 5.16. The third kappa shape index (κ3) is 3.59. The van der Waals surface area contributed by atoms with Gasteiger partial charge in [-0.25, -0.2) is 0 Å². The van der Waals surface area contributed by atoms with E-state index in [0.29, 0.717) is 0 Å². The van der Waals surface area contributed by atoms with E-state index in [-0.39, 0.29) is 5.41 Å². The second kappa shape index (κ2) is 7.96. The molecular formula is C29H28N2. The van der Waals surface area contributed by atoms with Crippen molar-refractivity contribution < 1.29 is 0 Å². The number of anilines is 2. The molecule has 2 nitrogen and oxygen atoms in total. The molecule has 0 aromatic heterocycles. The predicted molar refractivity (Wildman–Crippen MR) is 131 cm³/mol. The predicted octanol–water partition coefficient (Wildman–Crippen LogP) is 6.38. The first-order valence-electron chi connectivity index (χ1n) is 11.0. The average molecular weight is 405 g/mol. The molecule has 0 saturated heterocycles. The van der Waals surface area contributed by atoms with Gasteiger partial charge in [-0.05, 0) is 83.3 Å². The Balaban J connectivity index is 1.55. The maximum absolute atomic E-state index is 5.91. The lowest BCUT2D eigenvalue weighted by Crippen LogP contribution is -2.27. The zero-order valence-electron chi connectivity index (χ0n) is 17.7. The smallest absolute Gasteiger partial charge is 0.0314 e. The molecule has 0 heterocycles. The Morgan fingerprint density at radius 3 is 1.29 bits per heavy atom. The first-order valence-corrected chi connectivity index (χ1v) is 11.0. The van der Waals surface area contributed by atoms with Crippen LogP contribution in [0.25, 0.3) is 11.1 Å². The second-order valence-corrected chi connectivity index (χ2v) is 8.66. The van der Waals surface area contributed by atoms with Gasteiger partial charge in [0.1, 0.15) is 0 Å². The summed E-state index contributed by atoms with van der Waals surface area (Å²) >= 11 is 0. The third-order valence-electron chi connectivity index (χ3n) is 6.82. The number of aryl methyl sites for hydroxylation is 2. The Hall–Kier alpha value is -3.52. The van der Waals surface area contributed by atoms with Gasteiger partial charge >= 0.3 is 0 Å². The lowest BCUT2D eigenvalue weighted by Gasteiger charge is -2.33. The van der Waals surface area contributed by atoms with Gasteiger partial charge in [0.05, 0.1) is 0 Å². The minimum Gasteiger partial charge on any atom is -0.399 e. The van der Waals surface area contributed by atoms with E-state index in [1.807, 2.05) is 24.3 Å². The van der Waals surface area contributed by atoms with Gasteiger partial charge in [0.25, 0.3) is 0 Å². The van der Waals surface area contributed by atoms with E-state index >= 15 is 0 Å². The minimum absolute atomic E-state index is 0.00401. The molecule has 5 rings (SSSR count). The van der Waals surface area contributed by atoms with Crippen LogP contribution in [-0.2, 0) is 18.3 Å². The van der Waals surface area contributed by atoms with Crippen LogP contribution in [-0.4, -0.2) is 0 Å². The molecule has 31 heavy (non-hydrogen) atoms. The summed E-state index contributed by atoms with van der Waals surface area (Å²) in [6.07, 6.45) is 4.18. The number of fused-ring (bicyclic) bond motifs is 3. The summed E-state index contributed by atoms with van der Waals surface area (Å²) in [6.45, 7) is 0. The number of rotatable bonds is 6. The van der Waals surface area contributed by atoms with Crippen molar-refractivity contribution >= 4 is 11.4 Å². The molecule has 0 unspecified atom stereocenters. The maximum atomic E-state index is 5.91. The van der Waals surface area contributed by atoms with Crippen LogP contribution in [0.3, 0.4) is 0 Å². The number of benzene rings is 4. The van der Waals surface area contributed by atoms with Crippen LogP contribution in [0.15, 0.2) is 97.1 Å². The van der Waals surface area contributed by atoms with Gasteiger partial charge in [-0.2, -0.15) is 0 Å². The van der Waals surface area contributed by atoms with Crippen LogP contribution in [0.2, 0.25) is 0 Å². The standard InChI is InChI=1S/C29H28N2/c30-23-13-9-21(10-14-23)17-19-29(20-18-22-11-15-24(31)16-12-22)27-7-3-1-5-25(27)26-6-2-4-8-28(26)29/h1-16H,17-20,30-31H2. The van der Waals surface area contributed by atoms with E-state index < -0.39 is 0 Å².